The Morgan fingerprint density at radius 2 is 2.10 bits per heavy atom. The number of benzene rings is 1. The van der Waals surface area contributed by atoms with Crippen LogP contribution in [0, 0.1) is 11.6 Å². The van der Waals surface area contributed by atoms with Crippen LogP contribution in [-0.2, 0) is 6.61 Å². The van der Waals surface area contributed by atoms with E-state index in [1.807, 2.05) is 0 Å². The number of halogens is 2. The maximum Gasteiger partial charge on any atom is 0.341 e. The van der Waals surface area contributed by atoms with Crippen LogP contribution in [0.5, 0.6) is 0 Å². The number of aliphatic hydroxyl groups is 1. The Morgan fingerprint density at radius 3 is 2.60 bits per heavy atom. The number of aliphatic hydroxyl groups excluding tert-OH is 1. The van der Waals surface area contributed by atoms with Crippen LogP contribution in [0.1, 0.15) is 15.9 Å². The summed E-state index contributed by atoms with van der Waals surface area (Å²) in [5.41, 5.74) is 0.446. The number of aromatic nitrogens is 1. The van der Waals surface area contributed by atoms with E-state index < -0.39 is 40.8 Å². The van der Waals surface area contributed by atoms with E-state index in [9.17, 15) is 18.4 Å². The zero-order chi connectivity index (χ0) is 15.0. The van der Waals surface area contributed by atoms with Gasteiger partial charge in [-0.1, -0.05) is 0 Å². The quantitative estimate of drug-likeness (QED) is 0.769. The molecule has 0 aliphatic carbocycles. The minimum atomic E-state index is -1.49. The molecule has 0 saturated heterocycles. The smallest absolute Gasteiger partial charge is 0.341 e. The fourth-order valence-electron chi connectivity index (χ4n) is 1.99. The number of nitrogens with zero attached hydrogens (tertiary/aromatic N) is 1. The first-order chi connectivity index (χ1) is 9.42. The Hall–Kier alpha value is -2.48. The van der Waals surface area contributed by atoms with Crippen LogP contribution >= 0.6 is 0 Å². The normalized spacial score (nSPS) is 10.8. The molecule has 1 aromatic carbocycles. The molecular formula is C12H10F2N2O4. The van der Waals surface area contributed by atoms with E-state index in [1.165, 1.54) is 7.05 Å². The van der Waals surface area contributed by atoms with Crippen molar-refractivity contribution in [2.75, 3.05) is 12.5 Å². The number of hydrogen-bond donors (Lipinski definition) is 3. The highest BCUT2D eigenvalue weighted by Gasteiger charge is 2.21. The molecule has 0 unspecified atom stereocenters. The number of rotatable bonds is 3. The van der Waals surface area contributed by atoms with Gasteiger partial charge in [0.15, 0.2) is 11.6 Å². The summed E-state index contributed by atoms with van der Waals surface area (Å²) in [6, 6.07) is 0.617. The second kappa shape index (κ2) is 4.89. The molecule has 0 saturated carbocycles. The summed E-state index contributed by atoms with van der Waals surface area (Å²) in [5.74, 6) is -4.11. The molecule has 20 heavy (non-hydrogen) atoms. The molecule has 0 spiro atoms. The van der Waals surface area contributed by atoms with Crippen molar-refractivity contribution in [3.8, 4) is 0 Å². The summed E-state index contributed by atoms with van der Waals surface area (Å²) >= 11 is 0. The standard InChI is InChI=1S/C12H10F2N2O4/c1-15-16-3-6(12(19)20)11(18)5-2-8(13)9(14)7(4-17)10(5)16/h2-3,15,17H,4H2,1H3,(H,19,20). The van der Waals surface area contributed by atoms with Gasteiger partial charge in [0.05, 0.1) is 17.5 Å². The highest BCUT2D eigenvalue weighted by atomic mass is 19.2. The Kier molecular flexibility index (Phi) is 3.41. The average molecular weight is 284 g/mol. The van der Waals surface area contributed by atoms with Gasteiger partial charge in [0.1, 0.15) is 5.56 Å². The third kappa shape index (κ3) is 1.90. The predicted octanol–water partition coefficient (Wildman–Crippen LogP) is 0.643. The van der Waals surface area contributed by atoms with Crippen molar-refractivity contribution in [1.29, 1.82) is 0 Å². The fraction of sp³-hybridized carbons (Fsp3) is 0.167. The van der Waals surface area contributed by atoms with Gasteiger partial charge in [-0.05, 0) is 6.07 Å². The Morgan fingerprint density at radius 1 is 1.45 bits per heavy atom. The first-order valence-electron chi connectivity index (χ1n) is 5.50. The summed E-state index contributed by atoms with van der Waals surface area (Å²) in [7, 11) is 1.40. The lowest BCUT2D eigenvalue weighted by Gasteiger charge is -2.15. The molecular weight excluding hydrogens is 274 g/mol. The summed E-state index contributed by atoms with van der Waals surface area (Å²) in [5, 5.41) is 17.8. The lowest BCUT2D eigenvalue weighted by molar-refractivity contribution is 0.0695. The Balaban J connectivity index is 3.09. The largest absolute Gasteiger partial charge is 0.477 e. The van der Waals surface area contributed by atoms with Gasteiger partial charge in [-0.15, -0.1) is 0 Å². The van der Waals surface area contributed by atoms with E-state index >= 15 is 0 Å². The van der Waals surface area contributed by atoms with Gasteiger partial charge in [0.25, 0.3) is 0 Å². The number of carboxylic acids is 1. The number of hydrogen-bond acceptors (Lipinski definition) is 4. The molecule has 2 rings (SSSR count). The average Bonchev–Trinajstić information content (AvgIpc) is 2.41. The number of pyridine rings is 1. The maximum atomic E-state index is 13.6. The van der Waals surface area contributed by atoms with Crippen molar-refractivity contribution in [2.24, 2.45) is 0 Å². The van der Waals surface area contributed by atoms with Crippen molar-refractivity contribution in [3.05, 3.63) is 45.2 Å². The molecule has 1 aromatic heterocycles. The molecule has 0 atom stereocenters. The number of carbonyl (C=O) groups is 1. The van der Waals surface area contributed by atoms with Gasteiger partial charge in [0, 0.05) is 18.8 Å². The minimum Gasteiger partial charge on any atom is -0.477 e. The molecule has 6 nitrogen and oxygen atoms in total. The lowest BCUT2D eigenvalue weighted by Crippen LogP contribution is -2.23. The number of carboxylic acid groups (broad SMARTS) is 1. The van der Waals surface area contributed by atoms with Crippen LogP contribution in [0.15, 0.2) is 17.1 Å². The van der Waals surface area contributed by atoms with E-state index in [0.717, 1.165) is 10.9 Å². The summed E-state index contributed by atoms with van der Waals surface area (Å²) in [6.07, 6.45) is 0.948. The van der Waals surface area contributed by atoms with E-state index in [0.29, 0.717) is 6.07 Å². The fourth-order valence-corrected chi connectivity index (χ4v) is 1.99. The molecule has 3 N–H and O–H groups in total. The van der Waals surface area contributed by atoms with E-state index in [-0.39, 0.29) is 10.9 Å². The van der Waals surface area contributed by atoms with Crippen LogP contribution in [0.25, 0.3) is 10.9 Å². The summed E-state index contributed by atoms with van der Waals surface area (Å²) in [4.78, 5) is 23.0. The van der Waals surface area contributed by atoms with Gasteiger partial charge >= 0.3 is 5.97 Å². The molecule has 1 heterocycles. The van der Waals surface area contributed by atoms with Crippen molar-refractivity contribution in [3.63, 3.8) is 0 Å². The third-order valence-corrected chi connectivity index (χ3v) is 2.90. The molecule has 2 aromatic rings. The van der Waals surface area contributed by atoms with Crippen molar-refractivity contribution in [1.82, 2.24) is 4.68 Å². The van der Waals surface area contributed by atoms with Crippen LogP contribution in [0.3, 0.4) is 0 Å². The topological polar surface area (TPSA) is 91.6 Å². The summed E-state index contributed by atoms with van der Waals surface area (Å²) in [6.45, 7) is -0.840. The molecule has 0 aliphatic heterocycles. The first kappa shape index (κ1) is 13.9. The molecule has 0 aliphatic rings. The zero-order valence-electron chi connectivity index (χ0n) is 10.3. The monoisotopic (exact) mass is 284 g/mol. The number of nitrogens with one attached hydrogen (secondary N) is 1. The van der Waals surface area contributed by atoms with Gasteiger partial charge in [-0.25, -0.2) is 13.6 Å². The molecule has 8 heteroatoms. The van der Waals surface area contributed by atoms with E-state index in [4.69, 9.17) is 10.2 Å². The van der Waals surface area contributed by atoms with E-state index in [1.54, 1.807) is 0 Å². The molecule has 106 valence electrons. The van der Waals surface area contributed by atoms with Gasteiger partial charge in [-0.3, -0.25) is 9.47 Å². The van der Waals surface area contributed by atoms with Crippen molar-refractivity contribution >= 4 is 16.9 Å². The second-order valence-corrected chi connectivity index (χ2v) is 3.98. The Bertz CT molecular complexity index is 770. The second-order valence-electron chi connectivity index (χ2n) is 3.98. The number of fused-ring (bicyclic) bond motifs is 1. The molecule has 0 radical (unpaired) electrons. The first-order valence-corrected chi connectivity index (χ1v) is 5.50. The predicted molar refractivity (Wildman–Crippen MR) is 66.3 cm³/mol. The van der Waals surface area contributed by atoms with Crippen LogP contribution < -0.4 is 10.9 Å². The zero-order valence-corrected chi connectivity index (χ0v) is 10.3. The highest BCUT2D eigenvalue weighted by molar-refractivity contribution is 5.93. The molecule has 0 bridgehead atoms. The van der Waals surface area contributed by atoms with Crippen LogP contribution in [-0.4, -0.2) is 27.9 Å². The maximum absolute atomic E-state index is 13.6. The van der Waals surface area contributed by atoms with Crippen molar-refractivity contribution < 1.29 is 23.8 Å². The van der Waals surface area contributed by atoms with E-state index in [2.05, 4.69) is 5.43 Å². The summed E-state index contributed by atoms with van der Waals surface area (Å²) < 4.78 is 28.1. The Labute approximate surface area is 110 Å². The lowest BCUT2D eigenvalue weighted by atomic mass is 10.1. The van der Waals surface area contributed by atoms with Gasteiger partial charge in [0.2, 0.25) is 5.43 Å². The molecule has 0 amide bonds. The molecule has 0 fully saturated rings. The van der Waals surface area contributed by atoms with Gasteiger partial charge < -0.3 is 15.6 Å². The SMILES string of the molecule is CNn1cc(C(=O)O)c(=O)c2cc(F)c(F)c(CO)c21. The van der Waals surface area contributed by atoms with Crippen LogP contribution in [0.4, 0.5) is 8.78 Å². The van der Waals surface area contributed by atoms with Crippen molar-refractivity contribution in [2.45, 2.75) is 6.61 Å². The van der Waals surface area contributed by atoms with Gasteiger partial charge in [-0.2, -0.15) is 0 Å². The third-order valence-electron chi connectivity index (χ3n) is 2.90. The minimum absolute atomic E-state index is 0.107. The van der Waals surface area contributed by atoms with Crippen LogP contribution in [0.2, 0.25) is 0 Å². The highest BCUT2D eigenvalue weighted by Crippen LogP contribution is 2.22. The number of aromatic carboxylic acids is 1.